The van der Waals surface area contributed by atoms with Crippen molar-refractivity contribution < 1.29 is 26.3 Å². The Morgan fingerprint density at radius 2 is 2.06 bits per heavy atom. The molecule has 0 fully saturated rings. The minimum atomic E-state index is -5.16. The summed E-state index contributed by atoms with van der Waals surface area (Å²) in [6.07, 6.45) is -4.32. The lowest BCUT2D eigenvalue weighted by molar-refractivity contribution is -0.275. The molecule has 0 atom stereocenters. The standard InChI is InChI=1S/C7H4F3N3O3S/c8-7(9,10)16-6-4(3-11)13-2-1-5(6)17(12,14)15/h1-2H,(H2,12,14,15). The first-order valence-corrected chi connectivity index (χ1v) is 5.37. The second kappa shape index (κ2) is 4.19. The third-order valence-electron chi connectivity index (χ3n) is 1.50. The molecule has 17 heavy (non-hydrogen) atoms. The second-order valence-electron chi connectivity index (χ2n) is 2.69. The topological polar surface area (TPSA) is 106 Å². The lowest BCUT2D eigenvalue weighted by Gasteiger charge is -2.12. The molecule has 0 aliphatic carbocycles. The lowest BCUT2D eigenvalue weighted by Crippen LogP contribution is -2.22. The first kappa shape index (κ1) is 13.2. The predicted molar refractivity (Wildman–Crippen MR) is 47.0 cm³/mol. The number of halogens is 3. The molecule has 0 unspecified atom stereocenters. The van der Waals surface area contributed by atoms with Gasteiger partial charge in [0.2, 0.25) is 10.0 Å². The van der Waals surface area contributed by atoms with E-state index in [4.69, 9.17) is 5.26 Å². The molecule has 1 aromatic rings. The molecule has 1 heterocycles. The van der Waals surface area contributed by atoms with E-state index >= 15 is 0 Å². The smallest absolute Gasteiger partial charge is 0.401 e. The molecule has 0 amide bonds. The van der Waals surface area contributed by atoms with Gasteiger partial charge in [-0.1, -0.05) is 0 Å². The number of alkyl halides is 3. The van der Waals surface area contributed by atoms with E-state index in [-0.39, 0.29) is 0 Å². The number of primary sulfonamides is 1. The van der Waals surface area contributed by atoms with Crippen LogP contribution in [0.15, 0.2) is 17.2 Å². The Bertz CT molecular complexity index is 576. The van der Waals surface area contributed by atoms with E-state index in [2.05, 4.69) is 14.9 Å². The molecule has 0 saturated carbocycles. The highest BCUT2D eigenvalue weighted by atomic mass is 32.2. The maximum atomic E-state index is 12.0. The number of nitriles is 1. The highest BCUT2D eigenvalue weighted by Crippen LogP contribution is 2.30. The van der Waals surface area contributed by atoms with Gasteiger partial charge in [0.05, 0.1) is 0 Å². The van der Waals surface area contributed by atoms with Crippen LogP contribution in [-0.4, -0.2) is 19.8 Å². The second-order valence-corrected chi connectivity index (χ2v) is 4.22. The third kappa shape index (κ3) is 3.30. The molecular weight excluding hydrogens is 263 g/mol. The van der Waals surface area contributed by atoms with Crippen LogP contribution in [-0.2, 0) is 10.0 Å². The van der Waals surface area contributed by atoms with Crippen molar-refractivity contribution in [2.45, 2.75) is 11.3 Å². The van der Waals surface area contributed by atoms with E-state index in [9.17, 15) is 21.6 Å². The minimum Gasteiger partial charge on any atom is -0.401 e. The molecule has 0 radical (unpaired) electrons. The molecule has 0 aliphatic heterocycles. The van der Waals surface area contributed by atoms with Crippen LogP contribution in [0.2, 0.25) is 0 Å². The number of nitrogens with two attached hydrogens (primary N) is 1. The first-order chi connectivity index (χ1) is 7.65. The van der Waals surface area contributed by atoms with Crippen molar-refractivity contribution in [3.8, 4) is 11.8 Å². The molecule has 0 bridgehead atoms. The Balaban J connectivity index is 3.49. The van der Waals surface area contributed by atoms with Crippen molar-refractivity contribution in [1.29, 1.82) is 5.26 Å². The quantitative estimate of drug-likeness (QED) is 0.839. The Morgan fingerprint density at radius 1 is 1.47 bits per heavy atom. The zero-order valence-corrected chi connectivity index (χ0v) is 8.71. The fourth-order valence-electron chi connectivity index (χ4n) is 0.949. The molecule has 2 N–H and O–H groups in total. The van der Waals surface area contributed by atoms with Gasteiger partial charge in [0, 0.05) is 6.20 Å². The third-order valence-corrected chi connectivity index (χ3v) is 2.43. The molecule has 0 spiro atoms. The van der Waals surface area contributed by atoms with Crippen LogP contribution in [0.3, 0.4) is 0 Å². The summed E-state index contributed by atoms with van der Waals surface area (Å²) in [5, 5.41) is 13.2. The minimum absolute atomic E-state index is 0.706. The number of ether oxygens (including phenoxy) is 1. The summed E-state index contributed by atoms with van der Waals surface area (Å²) in [5.41, 5.74) is -0.825. The number of pyridine rings is 1. The monoisotopic (exact) mass is 267 g/mol. The van der Waals surface area contributed by atoms with Crippen LogP contribution < -0.4 is 9.88 Å². The van der Waals surface area contributed by atoms with E-state index < -0.39 is 32.7 Å². The summed E-state index contributed by atoms with van der Waals surface area (Å²) < 4.78 is 61.5. The number of aromatic nitrogens is 1. The van der Waals surface area contributed by atoms with Gasteiger partial charge in [-0.2, -0.15) is 5.26 Å². The molecule has 0 aromatic carbocycles. The zero-order valence-electron chi connectivity index (χ0n) is 7.89. The van der Waals surface area contributed by atoms with Crippen LogP contribution in [0.5, 0.6) is 5.75 Å². The highest BCUT2D eigenvalue weighted by molar-refractivity contribution is 7.89. The highest BCUT2D eigenvalue weighted by Gasteiger charge is 2.35. The fraction of sp³-hybridized carbons (Fsp3) is 0.143. The van der Waals surface area contributed by atoms with Crippen LogP contribution in [0.4, 0.5) is 13.2 Å². The van der Waals surface area contributed by atoms with Crippen molar-refractivity contribution in [3.05, 3.63) is 18.0 Å². The van der Waals surface area contributed by atoms with Crippen molar-refractivity contribution in [2.24, 2.45) is 5.14 Å². The average Bonchev–Trinajstić information content (AvgIpc) is 2.13. The number of nitrogens with zero attached hydrogens (tertiary/aromatic N) is 2. The summed E-state index contributed by atoms with van der Waals surface area (Å²) >= 11 is 0. The first-order valence-electron chi connectivity index (χ1n) is 3.83. The van der Waals surface area contributed by atoms with Gasteiger partial charge in [0.25, 0.3) is 0 Å². The molecule has 6 nitrogen and oxygen atoms in total. The van der Waals surface area contributed by atoms with Gasteiger partial charge in [0.15, 0.2) is 11.4 Å². The van der Waals surface area contributed by atoms with Crippen LogP contribution in [0.1, 0.15) is 5.69 Å². The summed E-state index contributed by atoms with van der Waals surface area (Å²) in [6, 6.07) is 1.98. The SMILES string of the molecule is N#Cc1nccc(S(N)(=O)=O)c1OC(F)(F)F. The van der Waals surface area contributed by atoms with E-state index in [0.717, 1.165) is 6.20 Å². The maximum absolute atomic E-state index is 12.0. The Labute approximate surface area is 93.5 Å². The van der Waals surface area contributed by atoms with Crippen LogP contribution >= 0.6 is 0 Å². The molecule has 0 aliphatic rings. The van der Waals surface area contributed by atoms with E-state index in [1.807, 2.05) is 0 Å². The number of hydrogen-bond acceptors (Lipinski definition) is 5. The van der Waals surface area contributed by atoms with E-state index in [1.165, 1.54) is 6.07 Å². The summed E-state index contributed by atoms with van der Waals surface area (Å²) in [4.78, 5) is 2.29. The normalized spacial score (nSPS) is 11.9. The van der Waals surface area contributed by atoms with Gasteiger partial charge < -0.3 is 4.74 Å². The van der Waals surface area contributed by atoms with Gasteiger partial charge in [-0.3, -0.25) is 0 Å². The fourth-order valence-corrected chi connectivity index (χ4v) is 1.60. The Morgan fingerprint density at radius 3 is 2.47 bits per heavy atom. The zero-order chi connectivity index (χ0) is 13.3. The summed E-state index contributed by atoms with van der Waals surface area (Å²) in [7, 11) is -4.45. The number of rotatable bonds is 2. The van der Waals surface area contributed by atoms with Crippen molar-refractivity contribution in [1.82, 2.24) is 4.98 Å². The average molecular weight is 267 g/mol. The van der Waals surface area contributed by atoms with E-state index in [1.54, 1.807) is 0 Å². The van der Waals surface area contributed by atoms with Crippen molar-refractivity contribution in [3.63, 3.8) is 0 Å². The Hall–Kier alpha value is -1.86. The number of sulfonamides is 1. The van der Waals surface area contributed by atoms with Crippen molar-refractivity contribution >= 4 is 10.0 Å². The van der Waals surface area contributed by atoms with Crippen LogP contribution in [0.25, 0.3) is 0 Å². The van der Waals surface area contributed by atoms with Gasteiger partial charge in [0.1, 0.15) is 11.0 Å². The molecule has 1 rings (SSSR count). The summed E-state index contributed by atoms with van der Waals surface area (Å²) in [6.45, 7) is 0. The predicted octanol–water partition coefficient (Wildman–Crippen LogP) is 0.499. The van der Waals surface area contributed by atoms with Crippen molar-refractivity contribution in [2.75, 3.05) is 0 Å². The maximum Gasteiger partial charge on any atom is 0.573 e. The molecule has 0 saturated heterocycles. The molecule has 10 heteroatoms. The van der Waals surface area contributed by atoms with Gasteiger partial charge in [-0.05, 0) is 6.07 Å². The summed E-state index contributed by atoms with van der Waals surface area (Å²) in [5.74, 6) is -1.23. The van der Waals surface area contributed by atoms with Crippen LogP contribution in [0, 0.1) is 11.3 Å². The number of hydrogen-bond donors (Lipinski definition) is 1. The lowest BCUT2D eigenvalue weighted by atomic mass is 10.3. The largest absolute Gasteiger partial charge is 0.573 e. The Kier molecular flexibility index (Phi) is 3.25. The van der Waals surface area contributed by atoms with Gasteiger partial charge in [-0.25, -0.2) is 18.5 Å². The molecular formula is C7H4F3N3O3S. The molecule has 92 valence electrons. The molecule has 1 aromatic heterocycles. The van der Waals surface area contributed by atoms with Gasteiger partial charge >= 0.3 is 6.36 Å². The van der Waals surface area contributed by atoms with E-state index in [0.29, 0.717) is 6.07 Å². The van der Waals surface area contributed by atoms with Gasteiger partial charge in [-0.15, -0.1) is 13.2 Å².